The van der Waals surface area contributed by atoms with Crippen LogP contribution in [0.4, 0.5) is 0 Å². The minimum Gasteiger partial charge on any atom is -0.481 e. The SMILES string of the molecule is CC1(C)CCCc2sc(CC(=O)O)nc21. The van der Waals surface area contributed by atoms with Gasteiger partial charge >= 0.3 is 5.97 Å². The molecule has 1 N–H and O–H groups in total. The van der Waals surface area contributed by atoms with Gasteiger partial charge in [-0.15, -0.1) is 11.3 Å². The Morgan fingerprint density at radius 1 is 1.60 bits per heavy atom. The zero-order valence-electron chi connectivity index (χ0n) is 9.04. The molecule has 0 aliphatic heterocycles. The molecule has 1 aliphatic rings. The Hall–Kier alpha value is -0.900. The molecule has 0 spiro atoms. The van der Waals surface area contributed by atoms with Gasteiger partial charge in [-0.3, -0.25) is 4.79 Å². The number of aromatic nitrogens is 1. The highest BCUT2D eigenvalue weighted by Gasteiger charge is 2.31. The molecule has 1 aromatic heterocycles. The number of aryl methyl sites for hydroxylation is 1. The molecular weight excluding hydrogens is 210 g/mol. The summed E-state index contributed by atoms with van der Waals surface area (Å²) in [5.74, 6) is -0.793. The summed E-state index contributed by atoms with van der Waals surface area (Å²) in [4.78, 5) is 16.4. The van der Waals surface area contributed by atoms with Gasteiger partial charge in [0.2, 0.25) is 0 Å². The molecule has 0 saturated heterocycles. The van der Waals surface area contributed by atoms with Gasteiger partial charge in [0.15, 0.2) is 0 Å². The lowest BCUT2D eigenvalue weighted by Crippen LogP contribution is -2.23. The smallest absolute Gasteiger partial charge is 0.310 e. The van der Waals surface area contributed by atoms with Gasteiger partial charge < -0.3 is 5.11 Å². The van der Waals surface area contributed by atoms with Gasteiger partial charge in [0.1, 0.15) is 5.01 Å². The van der Waals surface area contributed by atoms with Crippen LogP contribution >= 0.6 is 11.3 Å². The fourth-order valence-electron chi connectivity index (χ4n) is 2.11. The van der Waals surface area contributed by atoms with E-state index in [-0.39, 0.29) is 11.8 Å². The molecule has 0 atom stereocenters. The van der Waals surface area contributed by atoms with E-state index in [1.54, 1.807) is 11.3 Å². The van der Waals surface area contributed by atoms with Gasteiger partial charge in [0.05, 0.1) is 12.1 Å². The highest BCUT2D eigenvalue weighted by molar-refractivity contribution is 7.11. The van der Waals surface area contributed by atoms with Crippen LogP contribution in [0, 0.1) is 0 Å². The van der Waals surface area contributed by atoms with E-state index in [2.05, 4.69) is 18.8 Å². The molecule has 0 saturated carbocycles. The zero-order chi connectivity index (χ0) is 11.1. The molecule has 3 nitrogen and oxygen atoms in total. The summed E-state index contributed by atoms with van der Waals surface area (Å²) in [6.07, 6.45) is 3.47. The van der Waals surface area contributed by atoms with Crippen LogP contribution in [0.15, 0.2) is 0 Å². The van der Waals surface area contributed by atoms with Crippen LogP contribution < -0.4 is 0 Å². The highest BCUT2D eigenvalue weighted by atomic mass is 32.1. The molecule has 2 rings (SSSR count). The lowest BCUT2D eigenvalue weighted by Gasteiger charge is -2.28. The summed E-state index contributed by atoms with van der Waals surface area (Å²) in [6.45, 7) is 4.38. The van der Waals surface area contributed by atoms with E-state index in [1.165, 1.54) is 11.3 Å². The fourth-order valence-corrected chi connectivity index (χ4v) is 3.39. The van der Waals surface area contributed by atoms with Crippen LogP contribution in [0.3, 0.4) is 0 Å². The van der Waals surface area contributed by atoms with Gasteiger partial charge in [0.25, 0.3) is 0 Å². The summed E-state index contributed by atoms with van der Waals surface area (Å²) in [5, 5.41) is 9.48. The summed E-state index contributed by atoms with van der Waals surface area (Å²) < 4.78 is 0. The van der Waals surface area contributed by atoms with E-state index in [0.29, 0.717) is 0 Å². The number of aliphatic carboxylic acids is 1. The van der Waals surface area contributed by atoms with E-state index in [4.69, 9.17) is 5.11 Å². The lowest BCUT2D eigenvalue weighted by atomic mass is 9.79. The van der Waals surface area contributed by atoms with Gasteiger partial charge in [-0.25, -0.2) is 4.98 Å². The molecule has 15 heavy (non-hydrogen) atoms. The molecule has 0 aromatic carbocycles. The van der Waals surface area contributed by atoms with Crippen LogP contribution in [-0.4, -0.2) is 16.1 Å². The van der Waals surface area contributed by atoms with Crippen molar-refractivity contribution in [2.75, 3.05) is 0 Å². The maximum absolute atomic E-state index is 10.6. The predicted molar refractivity (Wildman–Crippen MR) is 59.4 cm³/mol. The van der Waals surface area contributed by atoms with Crippen LogP contribution in [0.1, 0.15) is 42.3 Å². The molecule has 82 valence electrons. The average molecular weight is 225 g/mol. The molecule has 0 bridgehead atoms. The summed E-state index contributed by atoms with van der Waals surface area (Å²) in [6, 6.07) is 0. The van der Waals surface area contributed by atoms with E-state index in [1.807, 2.05) is 0 Å². The van der Waals surface area contributed by atoms with Crippen LogP contribution in [0.25, 0.3) is 0 Å². The van der Waals surface area contributed by atoms with Crippen molar-refractivity contribution < 1.29 is 9.90 Å². The summed E-state index contributed by atoms with van der Waals surface area (Å²) in [7, 11) is 0. The maximum atomic E-state index is 10.6. The van der Waals surface area contributed by atoms with Gasteiger partial charge in [-0.2, -0.15) is 0 Å². The maximum Gasteiger partial charge on any atom is 0.310 e. The molecule has 1 aromatic rings. The number of carbonyl (C=O) groups is 1. The largest absolute Gasteiger partial charge is 0.481 e. The minimum absolute atomic E-state index is 0.0632. The Morgan fingerprint density at radius 3 is 2.93 bits per heavy atom. The number of thiazole rings is 1. The Labute approximate surface area is 93.2 Å². The van der Waals surface area contributed by atoms with E-state index >= 15 is 0 Å². The third-order valence-corrected chi connectivity index (χ3v) is 4.01. The molecule has 0 radical (unpaired) electrons. The lowest BCUT2D eigenvalue weighted by molar-refractivity contribution is -0.136. The van der Waals surface area contributed by atoms with Crippen LogP contribution in [0.5, 0.6) is 0 Å². The van der Waals surface area contributed by atoms with Crippen molar-refractivity contribution in [3.05, 3.63) is 15.6 Å². The molecule has 1 heterocycles. The topological polar surface area (TPSA) is 50.2 Å². The average Bonchev–Trinajstić information content (AvgIpc) is 2.46. The second kappa shape index (κ2) is 3.59. The number of nitrogens with zero attached hydrogens (tertiary/aromatic N) is 1. The quantitative estimate of drug-likeness (QED) is 0.840. The van der Waals surface area contributed by atoms with Crippen molar-refractivity contribution in [2.45, 2.75) is 44.9 Å². The zero-order valence-corrected chi connectivity index (χ0v) is 9.86. The van der Waals surface area contributed by atoms with Crippen molar-refractivity contribution in [1.29, 1.82) is 0 Å². The minimum atomic E-state index is -0.793. The number of carboxylic acids is 1. The highest BCUT2D eigenvalue weighted by Crippen LogP contribution is 2.38. The van der Waals surface area contributed by atoms with Crippen molar-refractivity contribution >= 4 is 17.3 Å². The first-order chi connectivity index (χ1) is 6.99. The van der Waals surface area contributed by atoms with Crippen molar-refractivity contribution in [1.82, 2.24) is 4.98 Å². The Bertz CT molecular complexity index is 395. The van der Waals surface area contributed by atoms with E-state index in [0.717, 1.165) is 23.5 Å². The van der Waals surface area contributed by atoms with Crippen LogP contribution in [0.2, 0.25) is 0 Å². The molecule has 0 amide bonds. The van der Waals surface area contributed by atoms with E-state index < -0.39 is 5.97 Å². The normalized spacial score (nSPS) is 18.5. The Morgan fingerprint density at radius 2 is 2.33 bits per heavy atom. The fraction of sp³-hybridized carbons (Fsp3) is 0.636. The first-order valence-corrected chi connectivity index (χ1v) is 6.01. The van der Waals surface area contributed by atoms with Crippen molar-refractivity contribution in [3.8, 4) is 0 Å². The molecule has 0 unspecified atom stereocenters. The summed E-state index contributed by atoms with van der Waals surface area (Å²) >= 11 is 1.57. The van der Waals surface area contributed by atoms with Crippen molar-refractivity contribution in [2.24, 2.45) is 0 Å². The first kappa shape index (κ1) is 10.6. The number of rotatable bonds is 2. The number of fused-ring (bicyclic) bond motifs is 1. The third kappa shape index (κ3) is 2.04. The molecular formula is C11H15NO2S. The standard InChI is InChI=1S/C11H15NO2S/c1-11(2)5-3-4-7-10(11)12-8(15-7)6-9(13)14/h3-6H2,1-2H3,(H,13,14). The van der Waals surface area contributed by atoms with E-state index in [9.17, 15) is 4.79 Å². The van der Waals surface area contributed by atoms with Gasteiger partial charge in [0, 0.05) is 10.3 Å². The van der Waals surface area contributed by atoms with Gasteiger partial charge in [-0.05, 0) is 19.3 Å². The third-order valence-electron chi connectivity index (χ3n) is 2.89. The number of hydrogen-bond donors (Lipinski definition) is 1. The van der Waals surface area contributed by atoms with Crippen LogP contribution in [-0.2, 0) is 23.1 Å². The second-order valence-electron chi connectivity index (χ2n) is 4.69. The molecule has 0 fully saturated rings. The first-order valence-electron chi connectivity index (χ1n) is 5.20. The molecule has 1 aliphatic carbocycles. The Balaban J connectivity index is 2.33. The monoisotopic (exact) mass is 225 g/mol. The van der Waals surface area contributed by atoms with Gasteiger partial charge in [-0.1, -0.05) is 13.8 Å². The van der Waals surface area contributed by atoms with Crippen molar-refractivity contribution in [3.63, 3.8) is 0 Å². The summed E-state index contributed by atoms with van der Waals surface area (Å²) in [5.41, 5.74) is 1.26. The predicted octanol–water partition coefficient (Wildman–Crippen LogP) is 2.38. The molecule has 4 heteroatoms. The number of carboxylic acid groups (broad SMARTS) is 1. The number of hydrogen-bond acceptors (Lipinski definition) is 3. The Kier molecular flexibility index (Phi) is 2.54. The second-order valence-corrected chi connectivity index (χ2v) is 5.86.